The highest BCUT2D eigenvalue weighted by molar-refractivity contribution is 6.21. The molecule has 0 radical (unpaired) electrons. The van der Waals surface area contributed by atoms with Crippen molar-refractivity contribution in [3.8, 4) is 17.2 Å². The van der Waals surface area contributed by atoms with Crippen molar-refractivity contribution in [2.75, 3.05) is 14.2 Å². The Hall–Kier alpha value is -4.90. The van der Waals surface area contributed by atoms with Crippen LogP contribution in [-0.2, 0) is 6.61 Å². The topological polar surface area (TPSA) is 94.1 Å². The van der Waals surface area contributed by atoms with Crippen LogP contribution >= 0.6 is 0 Å². The Morgan fingerprint density at radius 3 is 1.88 bits per heavy atom. The van der Waals surface area contributed by atoms with Gasteiger partial charge in [-0.1, -0.05) is 42.0 Å². The maximum absolute atomic E-state index is 14.7. The van der Waals surface area contributed by atoms with Crippen molar-refractivity contribution in [2.45, 2.75) is 19.6 Å². The molecule has 0 bridgehead atoms. The molecule has 1 heterocycles. The van der Waals surface area contributed by atoms with Gasteiger partial charge in [0.25, 0.3) is 11.8 Å². The minimum absolute atomic E-state index is 0.0196. The van der Waals surface area contributed by atoms with E-state index in [1.807, 2.05) is 6.92 Å². The summed E-state index contributed by atoms with van der Waals surface area (Å²) in [6, 6.07) is 17.6. The van der Waals surface area contributed by atoms with E-state index >= 15 is 0 Å². The fraction of sp³-hybridized carbons (Fsp3) is 0.161. The lowest BCUT2D eigenvalue weighted by molar-refractivity contribution is 0.0879. The summed E-state index contributed by atoms with van der Waals surface area (Å²) < 4.78 is 73.7. The van der Waals surface area contributed by atoms with Gasteiger partial charge in [0.15, 0.2) is 17.4 Å². The summed E-state index contributed by atoms with van der Waals surface area (Å²) >= 11 is 0. The number of ether oxygens (including phenoxy) is 3. The number of amides is 2. The van der Waals surface area contributed by atoms with Crippen LogP contribution in [0.1, 0.15) is 49.1 Å². The fourth-order valence-corrected chi connectivity index (χ4v) is 4.15. The average Bonchev–Trinajstić information content (AvgIpc) is 3.29. The predicted molar refractivity (Wildman–Crippen MR) is 144 cm³/mol. The molecule has 0 saturated heterocycles. The van der Waals surface area contributed by atoms with E-state index in [0.29, 0.717) is 22.4 Å². The first kappa shape index (κ1) is 30.1. The first-order valence-electron chi connectivity index (χ1n) is 12.5. The van der Waals surface area contributed by atoms with Gasteiger partial charge in [-0.25, -0.2) is 8.78 Å². The van der Waals surface area contributed by atoms with Crippen LogP contribution in [0.4, 0.5) is 17.6 Å². The van der Waals surface area contributed by atoms with E-state index in [1.54, 1.807) is 48.5 Å². The summed E-state index contributed by atoms with van der Waals surface area (Å²) in [4.78, 5) is 21.9. The van der Waals surface area contributed by atoms with Crippen LogP contribution in [0.5, 0.6) is 17.2 Å². The van der Waals surface area contributed by atoms with E-state index in [4.69, 9.17) is 14.2 Å². The molecule has 1 unspecified atom stereocenters. The van der Waals surface area contributed by atoms with E-state index in [-0.39, 0.29) is 29.7 Å². The van der Waals surface area contributed by atoms with Crippen LogP contribution in [0.15, 0.2) is 66.7 Å². The summed E-state index contributed by atoms with van der Waals surface area (Å²) in [6.07, 6.45) is -2.05. The zero-order valence-electron chi connectivity index (χ0n) is 22.6. The maximum atomic E-state index is 14.7. The first-order chi connectivity index (χ1) is 20.1. The number of hydrogen-bond donors (Lipinski definition) is 2. The lowest BCUT2D eigenvalue weighted by atomic mass is 9.98. The Balaban J connectivity index is 0.000000305. The molecule has 0 aliphatic carbocycles. The van der Waals surface area contributed by atoms with Crippen LogP contribution in [-0.4, -0.2) is 31.1 Å². The van der Waals surface area contributed by atoms with Crippen molar-refractivity contribution in [2.24, 2.45) is 0 Å². The highest BCUT2D eigenvalue weighted by Gasteiger charge is 2.32. The number of aliphatic hydroxyl groups excluding tert-OH is 1. The van der Waals surface area contributed by atoms with E-state index in [9.17, 15) is 32.3 Å². The molecular weight excluding hydrogens is 558 g/mol. The van der Waals surface area contributed by atoms with E-state index in [0.717, 1.165) is 5.56 Å². The van der Waals surface area contributed by atoms with Gasteiger partial charge in [0.05, 0.1) is 30.9 Å². The monoisotopic (exact) mass is 583 g/mol. The molecule has 1 atom stereocenters. The zero-order valence-corrected chi connectivity index (χ0v) is 22.6. The van der Waals surface area contributed by atoms with Gasteiger partial charge in [-0.2, -0.15) is 8.78 Å². The third kappa shape index (κ3) is 6.06. The number of rotatable bonds is 7. The van der Waals surface area contributed by atoms with Crippen LogP contribution in [0.25, 0.3) is 0 Å². The van der Waals surface area contributed by atoms with Crippen molar-refractivity contribution in [1.29, 1.82) is 0 Å². The van der Waals surface area contributed by atoms with Gasteiger partial charge in [-0.15, -0.1) is 0 Å². The number of nitrogens with one attached hydrogen (secondary N) is 1. The van der Waals surface area contributed by atoms with Crippen LogP contribution < -0.4 is 19.5 Å². The Morgan fingerprint density at radius 2 is 1.36 bits per heavy atom. The quantitative estimate of drug-likeness (QED) is 0.162. The molecule has 0 fully saturated rings. The predicted octanol–water partition coefficient (Wildman–Crippen LogP) is 5.80. The third-order valence-corrected chi connectivity index (χ3v) is 6.41. The third-order valence-electron chi connectivity index (χ3n) is 6.41. The largest absolute Gasteiger partial charge is 0.497 e. The van der Waals surface area contributed by atoms with Gasteiger partial charge < -0.3 is 19.3 Å². The summed E-state index contributed by atoms with van der Waals surface area (Å²) in [7, 11) is 2.66. The van der Waals surface area contributed by atoms with Gasteiger partial charge in [0, 0.05) is 11.6 Å². The fourth-order valence-electron chi connectivity index (χ4n) is 4.15. The molecule has 42 heavy (non-hydrogen) atoms. The molecule has 7 nitrogen and oxygen atoms in total. The Labute approximate surface area is 238 Å². The molecule has 0 aromatic heterocycles. The Kier molecular flexibility index (Phi) is 9.12. The summed E-state index contributed by atoms with van der Waals surface area (Å²) in [5, 5.41) is 12.7. The number of carbonyl (C=O) groups excluding carboxylic acids is 2. The van der Waals surface area contributed by atoms with Gasteiger partial charge in [0.2, 0.25) is 11.6 Å². The summed E-state index contributed by atoms with van der Waals surface area (Å²) in [6.45, 7) is 1.55. The molecule has 4 aromatic carbocycles. The van der Waals surface area contributed by atoms with E-state index < -0.39 is 40.7 Å². The van der Waals surface area contributed by atoms with Crippen molar-refractivity contribution in [3.63, 3.8) is 0 Å². The van der Waals surface area contributed by atoms with Gasteiger partial charge in [0.1, 0.15) is 24.2 Å². The molecule has 1 aliphatic heterocycles. The second-order valence-corrected chi connectivity index (χ2v) is 9.11. The second-order valence-electron chi connectivity index (χ2n) is 9.11. The van der Waals surface area contributed by atoms with Crippen molar-refractivity contribution in [3.05, 3.63) is 123 Å². The zero-order chi connectivity index (χ0) is 30.6. The van der Waals surface area contributed by atoms with Crippen LogP contribution in [0, 0.1) is 30.2 Å². The average molecular weight is 584 g/mol. The number of hydrogen-bond acceptors (Lipinski definition) is 6. The molecule has 218 valence electrons. The lowest BCUT2D eigenvalue weighted by Crippen LogP contribution is -2.19. The summed E-state index contributed by atoms with van der Waals surface area (Å²) in [5.74, 6) is -8.44. The second kappa shape index (κ2) is 12.7. The smallest absolute Gasteiger partial charge is 0.258 e. The maximum Gasteiger partial charge on any atom is 0.258 e. The molecule has 0 spiro atoms. The lowest BCUT2D eigenvalue weighted by Gasteiger charge is -2.19. The number of aliphatic hydroxyl groups is 1. The van der Waals surface area contributed by atoms with Gasteiger partial charge >= 0.3 is 0 Å². The molecule has 4 aromatic rings. The highest BCUT2D eigenvalue weighted by Crippen LogP contribution is 2.39. The SMILES string of the molecule is COc1ccc(C(O)c2c(F)c(F)c(OCc3ccc(C)cc3)c(F)c2F)c(OC)c1.O=C1NC(=O)c2ccccc21. The molecule has 0 saturated carbocycles. The van der Waals surface area contributed by atoms with Crippen LogP contribution in [0.2, 0.25) is 0 Å². The molecule has 1 aliphatic rings. The highest BCUT2D eigenvalue weighted by atomic mass is 19.2. The molecule has 2 amide bonds. The van der Waals surface area contributed by atoms with Gasteiger partial charge in [-0.3, -0.25) is 14.9 Å². The number of halogens is 4. The number of fused-ring (bicyclic) bond motifs is 1. The Bertz CT molecular complexity index is 1580. The minimum Gasteiger partial charge on any atom is -0.497 e. The molecule has 11 heteroatoms. The Morgan fingerprint density at radius 1 is 0.786 bits per heavy atom. The standard InChI is InChI=1S/C23H20F4O4.C8H5NO2/c1-12-4-6-13(7-5-12)11-31-23-20(26)18(24)17(19(25)21(23)27)22(28)15-9-8-14(29-2)10-16(15)30-3;10-7-5-3-1-2-4-6(5)8(11)9-7/h4-10,22,28H,11H2,1-3H3;1-4H,(H,9,10,11). The number of carbonyl (C=O) groups is 2. The molecule has 5 rings (SSSR count). The van der Waals surface area contributed by atoms with Crippen molar-refractivity contribution in [1.82, 2.24) is 5.32 Å². The normalized spacial score (nSPS) is 12.6. The summed E-state index contributed by atoms with van der Waals surface area (Å²) in [5.41, 5.74) is 1.16. The number of imide groups is 1. The van der Waals surface area contributed by atoms with Crippen molar-refractivity contribution >= 4 is 11.8 Å². The number of benzene rings is 4. The number of aryl methyl sites for hydroxylation is 1. The van der Waals surface area contributed by atoms with E-state index in [1.165, 1.54) is 32.4 Å². The minimum atomic E-state index is -2.05. The number of methoxy groups -OCH3 is 2. The van der Waals surface area contributed by atoms with Crippen molar-refractivity contribution < 1.29 is 46.5 Å². The van der Waals surface area contributed by atoms with Crippen LogP contribution in [0.3, 0.4) is 0 Å². The van der Waals surface area contributed by atoms with E-state index in [2.05, 4.69) is 5.32 Å². The van der Waals surface area contributed by atoms with Gasteiger partial charge in [-0.05, 0) is 36.8 Å². The first-order valence-corrected chi connectivity index (χ1v) is 12.5. The molecule has 2 N–H and O–H groups in total. The molecular formula is C31H25F4NO6.